The molecule has 5 heteroatoms. The highest BCUT2D eigenvalue weighted by molar-refractivity contribution is 7.16. The van der Waals surface area contributed by atoms with Crippen LogP contribution in [-0.2, 0) is 6.42 Å². The van der Waals surface area contributed by atoms with Crippen LogP contribution in [0, 0.1) is 20.8 Å². The summed E-state index contributed by atoms with van der Waals surface area (Å²) in [4.78, 5) is 17.9. The number of nitrogens with one attached hydrogen (secondary N) is 1. The van der Waals surface area contributed by atoms with Gasteiger partial charge in [-0.3, -0.25) is 4.79 Å². The number of carbonyl (C=O) groups is 1. The number of amides is 1. The summed E-state index contributed by atoms with van der Waals surface area (Å²) in [5.74, 6) is -0.0309. The van der Waals surface area contributed by atoms with Crippen LogP contribution in [0.4, 0.5) is 5.00 Å². The zero-order valence-electron chi connectivity index (χ0n) is 11.7. The van der Waals surface area contributed by atoms with Crippen LogP contribution < -0.4 is 5.32 Å². The van der Waals surface area contributed by atoms with Crippen LogP contribution in [0.2, 0.25) is 0 Å². The van der Waals surface area contributed by atoms with Gasteiger partial charge in [0.15, 0.2) is 0 Å². The molecule has 0 spiro atoms. The second-order valence-electron chi connectivity index (χ2n) is 4.56. The van der Waals surface area contributed by atoms with Gasteiger partial charge >= 0.3 is 0 Å². The first-order valence-corrected chi connectivity index (χ1v) is 8.04. The fourth-order valence-electron chi connectivity index (χ4n) is 1.80. The van der Waals surface area contributed by atoms with Crippen LogP contribution in [0.3, 0.4) is 0 Å². The third kappa shape index (κ3) is 3.04. The van der Waals surface area contributed by atoms with E-state index in [1.807, 2.05) is 26.2 Å². The Morgan fingerprint density at radius 2 is 2.11 bits per heavy atom. The zero-order chi connectivity index (χ0) is 14.0. The lowest BCUT2D eigenvalue weighted by atomic mass is 10.2. The highest BCUT2D eigenvalue weighted by Crippen LogP contribution is 2.27. The molecule has 0 radical (unpaired) electrons. The number of anilines is 1. The number of hydrogen-bond acceptors (Lipinski definition) is 4. The van der Waals surface area contributed by atoms with Crippen molar-refractivity contribution in [2.45, 2.75) is 40.5 Å². The lowest BCUT2D eigenvalue weighted by Crippen LogP contribution is -2.12. The number of thiophene rings is 1. The summed E-state index contributed by atoms with van der Waals surface area (Å²) < 4.78 is 0. The van der Waals surface area contributed by atoms with E-state index in [-0.39, 0.29) is 5.91 Å². The summed E-state index contributed by atoms with van der Waals surface area (Å²) in [6, 6.07) is 0. The highest BCUT2D eigenvalue weighted by Gasteiger charge is 2.15. The van der Waals surface area contributed by atoms with E-state index in [2.05, 4.69) is 17.2 Å². The Morgan fingerprint density at radius 1 is 1.37 bits per heavy atom. The first-order chi connectivity index (χ1) is 9.02. The summed E-state index contributed by atoms with van der Waals surface area (Å²) >= 11 is 3.19. The van der Waals surface area contributed by atoms with Crippen LogP contribution in [0.25, 0.3) is 0 Å². The van der Waals surface area contributed by atoms with Crippen LogP contribution in [-0.4, -0.2) is 10.9 Å². The number of rotatable bonds is 4. The Labute approximate surface area is 121 Å². The molecule has 0 bridgehead atoms. The summed E-state index contributed by atoms with van der Waals surface area (Å²) in [6.45, 7) is 8.10. The predicted octanol–water partition coefficient (Wildman–Crippen LogP) is 4.33. The summed E-state index contributed by atoms with van der Waals surface area (Å²) in [6.07, 6.45) is 2.04. The smallest absolute Gasteiger partial charge is 0.257 e. The van der Waals surface area contributed by atoms with Crippen LogP contribution in [0.5, 0.6) is 0 Å². The van der Waals surface area contributed by atoms with E-state index in [4.69, 9.17) is 0 Å². The molecule has 102 valence electrons. The lowest BCUT2D eigenvalue weighted by Gasteiger charge is -2.02. The van der Waals surface area contributed by atoms with Crippen LogP contribution in [0.1, 0.15) is 44.8 Å². The Kier molecular flexibility index (Phi) is 4.37. The molecule has 0 saturated carbocycles. The van der Waals surface area contributed by atoms with Crippen molar-refractivity contribution < 1.29 is 4.79 Å². The van der Waals surface area contributed by atoms with Gasteiger partial charge in [-0.15, -0.1) is 22.7 Å². The number of aryl methyl sites for hydroxylation is 3. The molecule has 0 fully saturated rings. The van der Waals surface area contributed by atoms with Crippen molar-refractivity contribution >= 4 is 33.6 Å². The zero-order valence-corrected chi connectivity index (χ0v) is 13.3. The number of hydrogen-bond donors (Lipinski definition) is 1. The van der Waals surface area contributed by atoms with Crippen molar-refractivity contribution in [3.8, 4) is 0 Å². The highest BCUT2D eigenvalue weighted by atomic mass is 32.1. The fraction of sp³-hybridized carbons (Fsp3) is 0.429. The van der Waals surface area contributed by atoms with Gasteiger partial charge in [-0.1, -0.05) is 6.92 Å². The van der Waals surface area contributed by atoms with Gasteiger partial charge < -0.3 is 5.32 Å². The Balaban J connectivity index is 2.17. The molecule has 2 rings (SSSR count). The van der Waals surface area contributed by atoms with E-state index in [1.54, 1.807) is 22.7 Å². The first-order valence-electron chi connectivity index (χ1n) is 6.35. The van der Waals surface area contributed by atoms with Crippen molar-refractivity contribution in [3.63, 3.8) is 0 Å². The largest absolute Gasteiger partial charge is 0.312 e. The molecule has 0 unspecified atom stereocenters. The maximum absolute atomic E-state index is 12.2. The van der Waals surface area contributed by atoms with Crippen molar-refractivity contribution in [2.24, 2.45) is 0 Å². The van der Waals surface area contributed by atoms with E-state index < -0.39 is 0 Å². The molecule has 0 saturated heterocycles. The van der Waals surface area contributed by atoms with Gasteiger partial charge in [0.2, 0.25) is 0 Å². The molecule has 0 aromatic carbocycles. The topological polar surface area (TPSA) is 42.0 Å². The summed E-state index contributed by atoms with van der Waals surface area (Å²) in [5, 5.41) is 6.87. The summed E-state index contributed by atoms with van der Waals surface area (Å²) in [7, 11) is 0. The molecule has 2 aromatic rings. The molecular formula is C14H18N2OS2. The molecule has 0 aliphatic carbocycles. The molecule has 2 aromatic heterocycles. The molecule has 1 N–H and O–H groups in total. The van der Waals surface area contributed by atoms with Gasteiger partial charge in [-0.25, -0.2) is 4.98 Å². The van der Waals surface area contributed by atoms with Crippen molar-refractivity contribution in [2.75, 3.05) is 5.32 Å². The quantitative estimate of drug-likeness (QED) is 0.911. The second-order valence-corrected chi connectivity index (χ2v) is 6.72. The third-order valence-corrected chi connectivity index (χ3v) is 5.21. The average molecular weight is 294 g/mol. The minimum absolute atomic E-state index is 0.0309. The van der Waals surface area contributed by atoms with Gasteiger partial charge in [0, 0.05) is 10.3 Å². The van der Waals surface area contributed by atoms with Gasteiger partial charge in [-0.05, 0) is 39.2 Å². The fourth-order valence-corrected chi connectivity index (χ4v) is 3.72. The van der Waals surface area contributed by atoms with E-state index in [1.165, 1.54) is 4.88 Å². The normalized spacial score (nSPS) is 10.7. The predicted molar refractivity (Wildman–Crippen MR) is 82.6 cm³/mol. The average Bonchev–Trinajstić information content (AvgIpc) is 2.85. The molecule has 2 heterocycles. The van der Waals surface area contributed by atoms with Crippen molar-refractivity contribution in [1.29, 1.82) is 0 Å². The van der Waals surface area contributed by atoms with E-state index in [9.17, 15) is 4.79 Å². The molecule has 19 heavy (non-hydrogen) atoms. The van der Waals surface area contributed by atoms with Gasteiger partial charge in [-0.2, -0.15) is 0 Å². The van der Waals surface area contributed by atoms with Gasteiger partial charge in [0.1, 0.15) is 5.00 Å². The minimum atomic E-state index is -0.0309. The van der Waals surface area contributed by atoms with Gasteiger partial charge in [0.05, 0.1) is 16.3 Å². The number of thiazole rings is 1. The monoisotopic (exact) mass is 294 g/mol. The van der Waals surface area contributed by atoms with Crippen LogP contribution >= 0.6 is 22.7 Å². The molecule has 3 nitrogen and oxygen atoms in total. The van der Waals surface area contributed by atoms with E-state index in [0.717, 1.165) is 39.7 Å². The Bertz CT molecular complexity index is 599. The van der Waals surface area contributed by atoms with Gasteiger partial charge in [0.25, 0.3) is 5.91 Å². The summed E-state index contributed by atoms with van der Waals surface area (Å²) in [5.41, 5.74) is 2.75. The number of aromatic nitrogens is 1. The molecule has 0 atom stereocenters. The maximum atomic E-state index is 12.2. The molecular weight excluding hydrogens is 276 g/mol. The first kappa shape index (κ1) is 14.2. The maximum Gasteiger partial charge on any atom is 0.257 e. The van der Waals surface area contributed by atoms with E-state index in [0.29, 0.717) is 0 Å². The van der Waals surface area contributed by atoms with Crippen molar-refractivity contribution in [1.82, 2.24) is 4.98 Å². The van der Waals surface area contributed by atoms with Crippen molar-refractivity contribution in [3.05, 3.63) is 32.1 Å². The SMILES string of the molecule is CCCc1nc(C)c(NC(=O)c2csc(C)c2C)s1. The minimum Gasteiger partial charge on any atom is -0.312 e. The Hall–Kier alpha value is -1.20. The van der Waals surface area contributed by atoms with E-state index >= 15 is 0 Å². The Morgan fingerprint density at radius 3 is 2.68 bits per heavy atom. The number of carbonyl (C=O) groups excluding carboxylic acids is 1. The lowest BCUT2D eigenvalue weighted by molar-refractivity contribution is 0.102. The molecule has 0 aliphatic rings. The second kappa shape index (κ2) is 5.84. The number of nitrogens with zero attached hydrogens (tertiary/aromatic N) is 1. The standard InChI is InChI=1S/C14H18N2OS2/c1-5-6-12-15-9(3)14(19-12)16-13(17)11-7-18-10(4)8(11)2/h7H,5-6H2,1-4H3,(H,16,17). The molecule has 0 aliphatic heterocycles. The van der Waals surface area contributed by atoms with Crippen LogP contribution in [0.15, 0.2) is 5.38 Å². The molecule has 1 amide bonds. The third-order valence-electron chi connectivity index (χ3n) is 3.06.